The first-order chi connectivity index (χ1) is 8.72. The van der Waals surface area contributed by atoms with E-state index in [2.05, 4.69) is 0 Å². The molecule has 0 aromatic carbocycles. The highest BCUT2D eigenvalue weighted by Crippen LogP contribution is 2.29. The largest absolute Gasteiger partial charge is 0.493 e. The average Bonchev–Trinajstić information content (AvgIpc) is 2.78. The fourth-order valence-electron chi connectivity index (χ4n) is 1.92. The molecule has 1 saturated heterocycles. The van der Waals surface area contributed by atoms with Crippen molar-refractivity contribution in [1.29, 1.82) is 0 Å². The number of carbonyl (C=O) groups is 2. The van der Waals surface area contributed by atoms with E-state index < -0.39 is 5.97 Å². The van der Waals surface area contributed by atoms with Gasteiger partial charge in [-0.05, 0) is 25.8 Å². The molecule has 0 bridgehead atoms. The van der Waals surface area contributed by atoms with Crippen LogP contribution >= 0.6 is 0 Å². The summed E-state index contributed by atoms with van der Waals surface area (Å²) in [7, 11) is 0. The summed E-state index contributed by atoms with van der Waals surface area (Å²) in [6.07, 6.45) is 4.34. The lowest BCUT2D eigenvalue weighted by atomic mass is 10.1. The van der Waals surface area contributed by atoms with E-state index in [1.165, 1.54) is 0 Å². The molecule has 2 heterocycles. The van der Waals surface area contributed by atoms with Crippen LogP contribution in [0.3, 0.4) is 0 Å². The van der Waals surface area contributed by atoms with E-state index in [-0.39, 0.29) is 18.1 Å². The molecule has 0 spiro atoms. The van der Waals surface area contributed by atoms with Gasteiger partial charge in [0.15, 0.2) is 0 Å². The van der Waals surface area contributed by atoms with Crippen molar-refractivity contribution in [2.24, 2.45) is 0 Å². The monoisotopic (exact) mass is 252 g/mol. The molecule has 5 nitrogen and oxygen atoms in total. The lowest BCUT2D eigenvalue weighted by Crippen LogP contribution is -2.16. The summed E-state index contributed by atoms with van der Waals surface area (Å²) < 4.78 is 15.5. The maximum atomic E-state index is 11.9. The van der Waals surface area contributed by atoms with E-state index in [0.717, 1.165) is 12.8 Å². The van der Waals surface area contributed by atoms with Crippen molar-refractivity contribution >= 4 is 11.9 Å². The van der Waals surface area contributed by atoms with Crippen molar-refractivity contribution in [3.8, 4) is 0 Å². The van der Waals surface area contributed by atoms with Crippen LogP contribution in [0.4, 0.5) is 0 Å². The summed E-state index contributed by atoms with van der Waals surface area (Å²) in [5.41, 5.74) is 0.266. The van der Waals surface area contributed by atoms with E-state index in [9.17, 15) is 9.59 Å². The van der Waals surface area contributed by atoms with Crippen LogP contribution in [0.15, 0.2) is 23.2 Å². The summed E-state index contributed by atoms with van der Waals surface area (Å²) in [5, 5.41) is 0. The zero-order valence-corrected chi connectivity index (χ0v) is 10.4. The number of rotatable bonds is 3. The maximum absolute atomic E-state index is 11.9. The van der Waals surface area contributed by atoms with Gasteiger partial charge in [0.2, 0.25) is 0 Å². The molecular weight excluding hydrogens is 236 g/mol. The fourth-order valence-corrected chi connectivity index (χ4v) is 1.92. The molecule has 2 aliphatic heterocycles. The highest BCUT2D eigenvalue weighted by atomic mass is 16.6. The molecule has 0 atom stereocenters. The highest BCUT2D eigenvalue weighted by molar-refractivity contribution is 5.94. The number of hydrogen-bond acceptors (Lipinski definition) is 5. The third kappa shape index (κ3) is 2.72. The van der Waals surface area contributed by atoms with Crippen LogP contribution in [0, 0.1) is 0 Å². The third-order valence-electron chi connectivity index (χ3n) is 2.73. The predicted octanol–water partition coefficient (Wildman–Crippen LogP) is 1.83. The van der Waals surface area contributed by atoms with Crippen LogP contribution < -0.4 is 0 Å². The van der Waals surface area contributed by atoms with Crippen molar-refractivity contribution in [1.82, 2.24) is 0 Å². The Labute approximate surface area is 105 Å². The minimum absolute atomic E-state index is 0.266. The van der Waals surface area contributed by atoms with E-state index >= 15 is 0 Å². The number of allylic oxidation sites excluding steroid dienone is 2. The fraction of sp³-hybridized carbons (Fsp3) is 0.538. The van der Waals surface area contributed by atoms with E-state index in [0.29, 0.717) is 31.0 Å². The molecule has 0 saturated carbocycles. The van der Waals surface area contributed by atoms with Crippen LogP contribution in [0.25, 0.3) is 0 Å². The molecule has 0 unspecified atom stereocenters. The van der Waals surface area contributed by atoms with Crippen molar-refractivity contribution in [2.75, 3.05) is 13.2 Å². The number of hydrogen-bond donors (Lipinski definition) is 0. The molecule has 0 N–H and O–H groups in total. The topological polar surface area (TPSA) is 61.8 Å². The van der Waals surface area contributed by atoms with Crippen LogP contribution in [-0.4, -0.2) is 25.2 Å². The minimum Gasteiger partial charge on any atom is -0.493 e. The SMILES string of the molecule is CCOC(=O)/C(C1=CCCCO1)=C1\CCC(=O)O1. The molecule has 1 fully saturated rings. The van der Waals surface area contributed by atoms with E-state index in [4.69, 9.17) is 14.2 Å². The quantitative estimate of drug-likeness (QED) is 0.566. The molecule has 0 radical (unpaired) electrons. The van der Waals surface area contributed by atoms with Gasteiger partial charge in [0.1, 0.15) is 17.1 Å². The minimum atomic E-state index is -0.490. The van der Waals surface area contributed by atoms with Crippen molar-refractivity contribution in [3.05, 3.63) is 23.2 Å². The van der Waals surface area contributed by atoms with Gasteiger partial charge in [-0.15, -0.1) is 0 Å². The van der Waals surface area contributed by atoms with E-state index in [1.807, 2.05) is 6.08 Å². The van der Waals surface area contributed by atoms with Gasteiger partial charge in [0.05, 0.1) is 19.6 Å². The van der Waals surface area contributed by atoms with Gasteiger partial charge in [0, 0.05) is 6.42 Å². The number of esters is 2. The molecule has 18 heavy (non-hydrogen) atoms. The molecule has 0 amide bonds. The summed E-state index contributed by atoms with van der Waals surface area (Å²) in [4.78, 5) is 23.1. The Bertz CT molecular complexity index is 419. The predicted molar refractivity (Wildman–Crippen MR) is 62.3 cm³/mol. The second-order valence-corrected chi connectivity index (χ2v) is 4.05. The van der Waals surface area contributed by atoms with Gasteiger partial charge >= 0.3 is 11.9 Å². The molecule has 2 aliphatic rings. The van der Waals surface area contributed by atoms with Gasteiger partial charge in [-0.25, -0.2) is 4.79 Å². The van der Waals surface area contributed by atoms with Crippen LogP contribution in [-0.2, 0) is 23.8 Å². The highest BCUT2D eigenvalue weighted by Gasteiger charge is 2.30. The summed E-state index contributed by atoms with van der Waals surface area (Å²) in [6.45, 7) is 2.57. The van der Waals surface area contributed by atoms with Gasteiger partial charge in [-0.2, -0.15) is 0 Å². The van der Waals surface area contributed by atoms with Crippen LogP contribution in [0.1, 0.15) is 32.6 Å². The molecular formula is C13H16O5. The Morgan fingerprint density at radius 3 is 2.83 bits per heavy atom. The van der Waals surface area contributed by atoms with Crippen molar-refractivity contribution in [2.45, 2.75) is 32.6 Å². The van der Waals surface area contributed by atoms with Gasteiger partial charge in [-0.1, -0.05) is 0 Å². The molecule has 0 aromatic rings. The first-order valence-corrected chi connectivity index (χ1v) is 6.16. The van der Waals surface area contributed by atoms with Crippen LogP contribution in [0.2, 0.25) is 0 Å². The first kappa shape index (κ1) is 12.7. The Morgan fingerprint density at radius 2 is 2.28 bits per heavy atom. The zero-order valence-electron chi connectivity index (χ0n) is 10.4. The molecule has 98 valence electrons. The maximum Gasteiger partial charge on any atom is 0.345 e. The number of carbonyl (C=O) groups excluding carboxylic acids is 2. The van der Waals surface area contributed by atoms with Gasteiger partial charge < -0.3 is 14.2 Å². The number of cyclic esters (lactones) is 1. The van der Waals surface area contributed by atoms with Crippen molar-refractivity contribution < 1.29 is 23.8 Å². The van der Waals surface area contributed by atoms with Crippen LogP contribution in [0.5, 0.6) is 0 Å². The lowest BCUT2D eigenvalue weighted by Gasteiger charge is -2.17. The van der Waals surface area contributed by atoms with E-state index in [1.54, 1.807) is 6.92 Å². The second-order valence-electron chi connectivity index (χ2n) is 4.05. The zero-order chi connectivity index (χ0) is 13.0. The summed E-state index contributed by atoms with van der Waals surface area (Å²) in [6, 6.07) is 0. The lowest BCUT2D eigenvalue weighted by molar-refractivity contribution is -0.139. The molecule has 0 aliphatic carbocycles. The van der Waals surface area contributed by atoms with Gasteiger partial charge in [0.25, 0.3) is 0 Å². The van der Waals surface area contributed by atoms with Gasteiger partial charge in [-0.3, -0.25) is 4.79 Å². The summed E-state index contributed by atoms with van der Waals surface area (Å²) in [5.74, 6) is 0.0366. The average molecular weight is 252 g/mol. The Kier molecular flexibility index (Phi) is 4.02. The molecule has 0 aromatic heterocycles. The Hall–Kier alpha value is -1.78. The molecule has 2 rings (SSSR count). The number of ether oxygens (including phenoxy) is 3. The first-order valence-electron chi connectivity index (χ1n) is 6.16. The molecule has 5 heteroatoms. The normalized spacial score (nSPS) is 21.8. The second kappa shape index (κ2) is 5.71. The summed E-state index contributed by atoms with van der Waals surface area (Å²) >= 11 is 0. The van der Waals surface area contributed by atoms with Crippen molar-refractivity contribution in [3.63, 3.8) is 0 Å². The standard InChI is InChI=1S/C13H16O5/c1-2-16-13(15)12(9-5-3-4-8-17-9)10-6-7-11(14)18-10/h5H,2-4,6-8H2,1H3/b12-10+. The Balaban J connectivity index is 2.31. The smallest absolute Gasteiger partial charge is 0.345 e. The Morgan fingerprint density at radius 1 is 1.44 bits per heavy atom. The third-order valence-corrected chi connectivity index (χ3v) is 2.73.